The summed E-state index contributed by atoms with van der Waals surface area (Å²) in [5.41, 5.74) is 5.61. The number of nitrogens with one attached hydrogen (secondary N) is 1. The van der Waals surface area contributed by atoms with Gasteiger partial charge in [-0.3, -0.25) is 10.3 Å². The van der Waals surface area contributed by atoms with Crippen LogP contribution in [0.2, 0.25) is 0 Å². The highest BCUT2D eigenvalue weighted by Crippen LogP contribution is 2.27. The molecular formula is C8H13NO2. The Kier molecular flexibility index (Phi) is 1.84. The van der Waals surface area contributed by atoms with Gasteiger partial charge in [0.15, 0.2) is 0 Å². The number of hydrogen-bond acceptors (Lipinski definition) is 3. The van der Waals surface area contributed by atoms with Crippen LogP contribution in [0.15, 0.2) is 11.3 Å². The van der Waals surface area contributed by atoms with Gasteiger partial charge in [-0.2, -0.15) is 0 Å². The van der Waals surface area contributed by atoms with Gasteiger partial charge in [0.2, 0.25) is 0 Å². The fourth-order valence-electron chi connectivity index (χ4n) is 1.66. The molecule has 1 aliphatic carbocycles. The van der Waals surface area contributed by atoms with E-state index in [4.69, 9.17) is 9.57 Å². The fraction of sp³-hybridized carbons (Fsp3) is 0.750. The summed E-state index contributed by atoms with van der Waals surface area (Å²) in [4.78, 5) is 5.10. The average Bonchev–Trinajstić information content (AvgIpc) is 2.50. The van der Waals surface area contributed by atoms with Crippen molar-refractivity contribution in [3.63, 3.8) is 0 Å². The van der Waals surface area contributed by atoms with Gasteiger partial charge in [-0.1, -0.05) is 0 Å². The van der Waals surface area contributed by atoms with Crippen molar-refractivity contribution in [1.82, 2.24) is 5.48 Å². The summed E-state index contributed by atoms with van der Waals surface area (Å²) >= 11 is 0. The Hall–Kier alpha value is -0.540. The summed E-state index contributed by atoms with van der Waals surface area (Å²) < 4.78 is 5.28. The minimum atomic E-state index is 0.414. The van der Waals surface area contributed by atoms with Crippen LogP contribution in [-0.2, 0) is 9.57 Å². The number of ether oxygens (including phenoxy) is 1. The molecule has 1 unspecified atom stereocenters. The first-order valence-corrected chi connectivity index (χ1v) is 4.01. The van der Waals surface area contributed by atoms with Crippen molar-refractivity contribution in [3.8, 4) is 0 Å². The average molecular weight is 155 g/mol. The summed E-state index contributed by atoms with van der Waals surface area (Å²) in [7, 11) is 1.78. The van der Waals surface area contributed by atoms with Gasteiger partial charge in [0, 0.05) is 12.8 Å². The Morgan fingerprint density at radius 1 is 1.64 bits per heavy atom. The van der Waals surface area contributed by atoms with E-state index in [9.17, 15) is 0 Å². The van der Waals surface area contributed by atoms with Gasteiger partial charge >= 0.3 is 0 Å². The highest BCUT2D eigenvalue weighted by atomic mass is 16.6. The number of allylic oxidation sites excluding steroid dienone is 1. The molecule has 0 saturated heterocycles. The zero-order valence-corrected chi connectivity index (χ0v) is 6.72. The van der Waals surface area contributed by atoms with Crippen LogP contribution in [0.1, 0.15) is 19.3 Å². The topological polar surface area (TPSA) is 30.5 Å². The van der Waals surface area contributed by atoms with Gasteiger partial charge in [-0.25, -0.2) is 0 Å². The maximum atomic E-state index is 5.28. The second-order valence-electron chi connectivity index (χ2n) is 3.07. The molecule has 1 aliphatic heterocycles. The lowest BCUT2D eigenvalue weighted by Crippen LogP contribution is -2.18. The SMILES string of the molecule is COC1CCC2=C(CON2)C1. The smallest absolute Gasteiger partial charge is 0.0978 e. The molecule has 11 heavy (non-hydrogen) atoms. The van der Waals surface area contributed by atoms with Crippen molar-refractivity contribution in [2.75, 3.05) is 13.7 Å². The molecule has 2 rings (SSSR count). The van der Waals surface area contributed by atoms with Crippen molar-refractivity contribution >= 4 is 0 Å². The monoisotopic (exact) mass is 155 g/mol. The summed E-state index contributed by atoms with van der Waals surface area (Å²) in [6.07, 6.45) is 3.65. The molecule has 0 amide bonds. The quantitative estimate of drug-likeness (QED) is 0.612. The molecular weight excluding hydrogens is 142 g/mol. The molecule has 0 fully saturated rings. The lowest BCUT2D eigenvalue weighted by molar-refractivity contribution is 0.0909. The molecule has 1 heterocycles. The third-order valence-electron chi connectivity index (χ3n) is 2.39. The fourth-order valence-corrected chi connectivity index (χ4v) is 1.66. The maximum absolute atomic E-state index is 5.28. The molecule has 0 aromatic heterocycles. The second kappa shape index (κ2) is 2.83. The third-order valence-corrected chi connectivity index (χ3v) is 2.39. The van der Waals surface area contributed by atoms with E-state index in [1.807, 2.05) is 0 Å². The highest BCUT2D eigenvalue weighted by molar-refractivity contribution is 5.19. The molecule has 0 bridgehead atoms. The normalized spacial score (nSPS) is 30.1. The molecule has 0 saturated carbocycles. The first-order valence-electron chi connectivity index (χ1n) is 4.01. The van der Waals surface area contributed by atoms with Crippen LogP contribution in [0.5, 0.6) is 0 Å². The predicted molar refractivity (Wildman–Crippen MR) is 40.8 cm³/mol. The van der Waals surface area contributed by atoms with Crippen LogP contribution < -0.4 is 5.48 Å². The second-order valence-corrected chi connectivity index (χ2v) is 3.07. The summed E-state index contributed by atoms with van der Waals surface area (Å²) in [6.45, 7) is 0.745. The lowest BCUT2D eigenvalue weighted by Gasteiger charge is -2.20. The lowest BCUT2D eigenvalue weighted by atomic mass is 9.95. The Morgan fingerprint density at radius 3 is 3.36 bits per heavy atom. The molecule has 2 aliphatic rings. The number of hydroxylamine groups is 1. The van der Waals surface area contributed by atoms with E-state index in [0.29, 0.717) is 6.10 Å². The minimum Gasteiger partial charge on any atom is -0.381 e. The van der Waals surface area contributed by atoms with Crippen molar-refractivity contribution < 1.29 is 9.57 Å². The van der Waals surface area contributed by atoms with Crippen LogP contribution >= 0.6 is 0 Å². The van der Waals surface area contributed by atoms with Crippen molar-refractivity contribution in [2.45, 2.75) is 25.4 Å². The van der Waals surface area contributed by atoms with E-state index in [0.717, 1.165) is 25.9 Å². The van der Waals surface area contributed by atoms with Crippen molar-refractivity contribution in [2.24, 2.45) is 0 Å². The van der Waals surface area contributed by atoms with Gasteiger partial charge in [0.1, 0.15) is 0 Å². The molecule has 0 spiro atoms. The van der Waals surface area contributed by atoms with Crippen LogP contribution in [0, 0.1) is 0 Å². The van der Waals surface area contributed by atoms with Crippen molar-refractivity contribution in [1.29, 1.82) is 0 Å². The Labute approximate surface area is 66.3 Å². The molecule has 62 valence electrons. The zero-order chi connectivity index (χ0) is 7.68. The van der Waals surface area contributed by atoms with E-state index in [1.165, 1.54) is 11.3 Å². The van der Waals surface area contributed by atoms with E-state index < -0.39 is 0 Å². The van der Waals surface area contributed by atoms with Gasteiger partial charge in [0.25, 0.3) is 0 Å². The van der Waals surface area contributed by atoms with E-state index in [1.54, 1.807) is 7.11 Å². The van der Waals surface area contributed by atoms with Crippen LogP contribution in [0.25, 0.3) is 0 Å². The number of rotatable bonds is 1. The third kappa shape index (κ3) is 1.26. The van der Waals surface area contributed by atoms with Gasteiger partial charge in [-0.05, 0) is 24.8 Å². The van der Waals surface area contributed by atoms with Crippen LogP contribution in [-0.4, -0.2) is 19.8 Å². The Balaban J connectivity index is 2.05. The standard InChI is InChI=1S/C8H13NO2/c1-10-7-2-3-8-6(4-7)5-11-9-8/h7,9H,2-5H2,1H3. The van der Waals surface area contributed by atoms with E-state index >= 15 is 0 Å². The largest absolute Gasteiger partial charge is 0.381 e. The van der Waals surface area contributed by atoms with Crippen LogP contribution in [0.4, 0.5) is 0 Å². The molecule has 0 radical (unpaired) electrons. The number of methoxy groups -OCH3 is 1. The molecule has 3 heteroatoms. The van der Waals surface area contributed by atoms with Gasteiger partial charge in [-0.15, -0.1) is 0 Å². The summed E-state index contributed by atoms with van der Waals surface area (Å²) in [5.74, 6) is 0. The molecule has 1 atom stereocenters. The highest BCUT2D eigenvalue weighted by Gasteiger charge is 2.24. The Bertz CT molecular complexity index is 189. The first-order chi connectivity index (χ1) is 5.40. The van der Waals surface area contributed by atoms with Gasteiger partial charge in [0.05, 0.1) is 12.7 Å². The summed E-state index contributed by atoms with van der Waals surface area (Å²) in [6, 6.07) is 0. The molecule has 0 aromatic rings. The number of hydrogen-bond donors (Lipinski definition) is 1. The predicted octanol–water partition coefficient (Wildman–Crippen LogP) is 0.974. The molecule has 3 nitrogen and oxygen atoms in total. The maximum Gasteiger partial charge on any atom is 0.0978 e. The molecule has 0 aromatic carbocycles. The first kappa shape index (κ1) is 7.13. The zero-order valence-electron chi connectivity index (χ0n) is 6.72. The minimum absolute atomic E-state index is 0.414. The van der Waals surface area contributed by atoms with Crippen LogP contribution in [0.3, 0.4) is 0 Å². The summed E-state index contributed by atoms with van der Waals surface area (Å²) in [5, 5.41) is 0. The van der Waals surface area contributed by atoms with E-state index in [-0.39, 0.29) is 0 Å². The van der Waals surface area contributed by atoms with E-state index in [2.05, 4.69) is 5.48 Å². The van der Waals surface area contributed by atoms with Gasteiger partial charge < -0.3 is 4.74 Å². The van der Waals surface area contributed by atoms with Crippen molar-refractivity contribution in [3.05, 3.63) is 11.3 Å². The Morgan fingerprint density at radius 2 is 2.55 bits per heavy atom. The molecule has 1 N–H and O–H groups in total.